The molecule has 0 spiro atoms. The lowest BCUT2D eigenvalue weighted by atomic mass is 10.1. The van der Waals surface area contributed by atoms with Crippen LogP contribution in [-0.2, 0) is 10.0 Å². The number of ether oxygens (including phenoxy) is 1. The van der Waals surface area contributed by atoms with Crippen LogP contribution in [0.5, 0.6) is 5.75 Å². The smallest absolute Gasteiger partial charge is 0.209 e. The van der Waals surface area contributed by atoms with Gasteiger partial charge in [-0.15, -0.1) is 0 Å². The maximum Gasteiger partial charge on any atom is 0.209 e. The summed E-state index contributed by atoms with van der Waals surface area (Å²) < 4.78 is 41.0. The quantitative estimate of drug-likeness (QED) is 0.864. The highest BCUT2D eigenvalue weighted by atomic mass is 79.9. The molecule has 0 aliphatic heterocycles. The van der Waals surface area contributed by atoms with Crippen LogP contribution in [0.1, 0.15) is 13.3 Å². The van der Waals surface area contributed by atoms with Gasteiger partial charge in [0, 0.05) is 12.0 Å². The molecule has 18 heavy (non-hydrogen) atoms. The van der Waals surface area contributed by atoms with Crippen LogP contribution < -0.4 is 9.88 Å². The van der Waals surface area contributed by atoms with Crippen molar-refractivity contribution in [2.45, 2.75) is 13.3 Å². The molecular formula is C11H15BrFNO3S. The molecule has 0 bridgehead atoms. The number of hydrogen-bond donors (Lipinski definition) is 1. The van der Waals surface area contributed by atoms with Gasteiger partial charge in [-0.3, -0.25) is 0 Å². The summed E-state index contributed by atoms with van der Waals surface area (Å²) in [5.41, 5.74) is 0. The lowest BCUT2D eigenvalue weighted by Crippen LogP contribution is -2.26. The summed E-state index contributed by atoms with van der Waals surface area (Å²) in [5.74, 6) is -0.415. The fourth-order valence-electron chi connectivity index (χ4n) is 1.41. The summed E-state index contributed by atoms with van der Waals surface area (Å²) >= 11 is 3.23. The van der Waals surface area contributed by atoms with Crippen LogP contribution in [0, 0.1) is 11.7 Å². The zero-order chi connectivity index (χ0) is 13.8. The van der Waals surface area contributed by atoms with Crippen LogP contribution in [-0.4, -0.2) is 20.8 Å². The number of primary sulfonamides is 1. The third-order valence-corrected chi connectivity index (χ3v) is 4.00. The molecule has 1 aromatic carbocycles. The first-order valence-corrected chi connectivity index (χ1v) is 7.91. The highest BCUT2D eigenvalue weighted by molar-refractivity contribution is 9.10. The third kappa shape index (κ3) is 5.32. The average Bonchev–Trinajstić information content (AvgIpc) is 2.27. The van der Waals surface area contributed by atoms with Gasteiger partial charge in [0.2, 0.25) is 10.0 Å². The summed E-state index contributed by atoms with van der Waals surface area (Å²) in [5, 5.41) is 4.98. The van der Waals surface area contributed by atoms with Gasteiger partial charge in [-0.05, 0) is 34.5 Å². The van der Waals surface area contributed by atoms with E-state index in [0.29, 0.717) is 16.6 Å². The molecule has 1 atom stereocenters. The molecule has 1 unspecified atom stereocenters. The zero-order valence-corrected chi connectivity index (χ0v) is 12.3. The number of nitrogens with two attached hydrogens (primary N) is 1. The van der Waals surface area contributed by atoms with E-state index in [-0.39, 0.29) is 18.3 Å². The van der Waals surface area contributed by atoms with Crippen molar-refractivity contribution >= 4 is 26.0 Å². The highest BCUT2D eigenvalue weighted by Crippen LogP contribution is 2.26. The molecule has 0 fully saturated rings. The Morgan fingerprint density at radius 3 is 2.72 bits per heavy atom. The van der Waals surface area contributed by atoms with Crippen LogP contribution in [0.25, 0.3) is 0 Å². The Morgan fingerprint density at radius 1 is 1.50 bits per heavy atom. The van der Waals surface area contributed by atoms with Crippen molar-refractivity contribution in [3.63, 3.8) is 0 Å². The lowest BCUT2D eigenvalue weighted by Gasteiger charge is -2.15. The monoisotopic (exact) mass is 339 g/mol. The molecule has 7 heteroatoms. The molecular weight excluding hydrogens is 325 g/mol. The second kappa shape index (κ2) is 6.49. The van der Waals surface area contributed by atoms with Gasteiger partial charge in [-0.25, -0.2) is 17.9 Å². The zero-order valence-electron chi connectivity index (χ0n) is 9.90. The van der Waals surface area contributed by atoms with E-state index in [2.05, 4.69) is 15.9 Å². The summed E-state index contributed by atoms with van der Waals surface area (Å²) in [4.78, 5) is 0. The Morgan fingerprint density at radius 2 is 2.17 bits per heavy atom. The molecule has 0 amide bonds. The van der Waals surface area contributed by atoms with Gasteiger partial charge < -0.3 is 4.74 Å². The van der Waals surface area contributed by atoms with E-state index < -0.39 is 15.8 Å². The predicted molar refractivity (Wildman–Crippen MR) is 71.4 cm³/mol. The molecule has 1 rings (SSSR count). The fourth-order valence-corrected chi connectivity index (χ4v) is 2.76. The van der Waals surface area contributed by atoms with Crippen LogP contribution >= 0.6 is 15.9 Å². The number of halogens is 2. The maximum atomic E-state index is 13.0. The van der Waals surface area contributed by atoms with Gasteiger partial charge in [-0.1, -0.05) is 6.92 Å². The average molecular weight is 340 g/mol. The molecule has 0 aromatic heterocycles. The van der Waals surface area contributed by atoms with Crippen molar-refractivity contribution in [1.82, 2.24) is 0 Å². The van der Waals surface area contributed by atoms with Gasteiger partial charge in [0.1, 0.15) is 11.6 Å². The second-order valence-electron chi connectivity index (χ2n) is 3.99. The number of benzene rings is 1. The van der Waals surface area contributed by atoms with E-state index in [9.17, 15) is 12.8 Å². The van der Waals surface area contributed by atoms with Crippen LogP contribution in [0.3, 0.4) is 0 Å². The molecule has 1 aromatic rings. The van der Waals surface area contributed by atoms with Gasteiger partial charge in [0.15, 0.2) is 0 Å². The molecule has 102 valence electrons. The van der Waals surface area contributed by atoms with E-state index in [0.717, 1.165) is 0 Å². The van der Waals surface area contributed by atoms with Gasteiger partial charge in [0.05, 0.1) is 16.8 Å². The van der Waals surface area contributed by atoms with E-state index in [1.807, 2.05) is 6.92 Å². The first-order valence-electron chi connectivity index (χ1n) is 5.40. The minimum atomic E-state index is -3.52. The van der Waals surface area contributed by atoms with Crippen molar-refractivity contribution in [3.05, 3.63) is 28.5 Å². The summed E-state index contributed by atoms with van der Waals surface area (Å²) in [6, 6.07) is 4.08. The Balaban J connectivity index is 2.65. The Bertz CT molecular complexity index is 507. The molecule has 4 nitrogen and oxygen atoms in total. The Kier molecular flexibility index (Phi) is 5.55. The van der Waals surface area contributed by atoms with E-state index in [1.54, 1.807) is 0 Å². The van der Waals surface area contributed by atoms with Gasteiger partial charge in [-0.2, -0.15) is 0 Å². The molecule has 0 saturated heterocycles. The predicted octanol–water partition coefficient (Wildman–Crippen LogP) is 2.28. The van der Waals surface area contributed by atoms with E-state index >= 15 is 0 Å². The van der Waals surface area contributed by atoms with Crippen molar-refractivity contribution in [2.24, 2.45) is 11.1 Å². The standard InChI is InChI=1S/C11H15BrFNO3S/c1-2-8(7-18(14,15)16)6-17-11-5-9(13)3-4-10(11)12/h3-5,8H,2,6-7H2,1H3,(H2,14,15,16). The number of rotatable bonds is 6. The summed E-state index contributed by atoms with van der Waals surface area (Å²) in [6.07, 6.45) is 0.614. The fraction of sp³-hybridized carbons (Fsp3) is 0.455. The van der Waals surface area contributed by atoms with E-state index in [4.69, 9.17) is 9.88 Å². The molecule has 0 radical (unpaired) electrons. The van der Waals surface area contributed by atoms with Gasteiger partial charge in [0.25, 0.3) is 0 Å². The van der Waals surface area contributed by atoms with Crippen LogP contribution in [0.2, 0.25) is 0 Å². The largest absolute Gasteiger partial charge is 0.492 e. The molecule has 0 heterocycles. The first-order chi connectivity index (χ1) is 8.31. The van der Waals surface area contributed by atoms with Crippen molar-refractivity contribution < 1.29 is 17.5 Å². The minimum Gasteiger partial charge on any atom is -0.492 e. The minimum absolute atomic E-state index is 0.142. The Hall–Kier alpha value is -0.660. The summed E-state index contributed by atoms with van der Waals surface area (Å²) in [6.45, 7) is 2.02. The van der Waals surface area contributed by atoms with E-state index in [1.165, 1.54) is 18.2 Å². The third-order valence-electron chi connectivity index (χ3n) is 2.41. The number of hydrogen-bond acceptors (Lipinski definition) is 3. The lowest BCUT2D eigenvalue weighted by molar-refractivity contribution is 0.255. The molecule has 0 saturated carbocycles. The molecule has 2 N–H and O–H groups in total. The second-order valence-corrected chi connectivity index (χ2v) is 6.50. The van der Waals surface area contributed by atoms with Crippen molar-refractivity contribution in [3.8, 4) is 5.75 Å². The normalized spacial score (nSPS) is 13.3. The summed E-state index contributed by atoms with van der Waals surface area (Å²) in [7, 11) is -3.52. The maximum absolute atomic E-state index is 13.0. The number of sulfonamides is 1. The topological polar surface area (TPSA) is 69.4 Å². The molecule has 0 aliphatic carbocycles. The van der Waals surface area contributed by atoms with Crippen LogP contribution in [0.4, 0.5) is 4.39 Å². The molecule has 0 aliphatic rings. The highest BCUT2D eigenvalue weighted by Gasteiger charge is 2.15. The van der Waals surface area contributed by atoms with Crippen molar-refractivity contribution in [1.29, 1.82) is 0 Å². The first kappa shape index (κ1) is 15.4. The van der Waals surface area contributed by atoms with Crippen molar-refractivity contribution in [2.75, 3.05) is 12.4 Å². The Labute approximate surface area is 115 Å². The SMILES string of the molecule is CCC(COc1cc(F)ccc1Br)CS(N)(=O)=O. The van der Waals surface area contributed by atoms with Crippen LogP contribution in [0.15, 0.2) is 22.7 Å². The van der Waals surface area contributed by atoms with Gasteiger partial charge >= 0.3 is 0 Å².